The molecule has 0 bridgehead atoms. The number of aromatic nitrogens is 2. The van der Waals surface area contributed by atoms with Crippen LogP contribution in [0.3, 0.4) is 0 Å². The van der Waals surface area contributed by atoms with Gasteiger partial charge in [-0.1, -0.05) is 0 Å². The zero-order valence-electron chi connectivity index (χ0n) is 10.9. The van der Waals surface area contributed by atoms with E-state index in [0.29, 0.717) is 15.7 Å². The van der Waals surface area contributed by atoms with Crippen LogP contribution in [0.25, 0.3) is 10.2 Å². The molecule has 0 unspecified atom stereocenters. The Hall–Kier alpha value is -0.0705. The summed E-state index contributed by atoms with van der Waals surface area (Å²) < 4.78 is 4.99. The monoisotopic (exact) mass is 530 g/mol. The second kappa shape index (κ2) is 6.81. The number of rotatable bonds is 3. The molecule has 116 valence electrons. The van der Waals surface area contributed by atoms with Crippen LogP contribution in [0.4, 0.5) is 0 Å². The number of aliphatic hydroxyl groups is 1. The first kappa shape index (κ1) is 16.8. The van der Waals surface area contributed by atoms with E-state index in [9.17, 15) is 5.11 Å². The van der Waals surface area contributed by atoms with Crippen LogP contribution in [-0.4, -0.2) is 29.8 Å². The fraction of sp³-hybridized carbons (Fsp3) is 0.0714. The molecule has 1 aromatic carbocycles. The van der Waals surface area contributed by atoms with Gasteiger partial charge < -0.3 is 0 Å². The Labute approximate surface area is 160 Å². The van der Waals surface area contributed by atoms with E-state index >= 15 is 0 Å². The molecule has 2 heterocycles. The second-order valence-corrected chi connectivity index (χ2v) is 11.3. The van der Waals surface area contributed by atoms with Crippen molar-refractivity contribution in [3.63, 3.8) is 0 Å². The minimum absolute atomic E-state index is 0.145. The molecule has 1 N–H and O–H groups in total. The second-order valence-electron chi connectivity index (χ2n) is 4.49. The van der Waals surface area contributed by atoms with Crippen LogP contribution in [0.1, 0.15) is 11.4 Å². The van der Waals surface area contributed by atoms with Gasteiger partial charge in [0.15, 0.2) is 0 Å². The Kier molecular flexibility index (Phi) is 5.20. The molecule has 3 rings (SSSR count). The molecule has 0 saturated heterocycles. The summed E-state index contributed by atoms with van der Waals surface area (Å²) in [6.45, 7) is -0.145. The molecule has 8 heteroatoms. The van der Waals surface area contributed by atoms with Gasteiger partial charge in [0.2, 0.25) is 0 Å². The van der Waals surface area contributed by atoms with Gasteiger partial charge in [-0.15, -0.1) is 0 Å². The first-order valence-electron chi connectivity index (χ1n) is 6.20. The fourth-order valence-electron chi connectivity index (χ4n) is 2.11. The summed E-state index contributed by atoms with van der Waals surface area (Å²) >= 11 is 19.0. The Balaban J connectivity index is 2.19. The van der Waals surface area contributed by atoms with Crippen LogP contribution >= 0.6 is 55.1 Å². The van der Waals surface area contributed by atoms with Crippen molar-refractivity contribution in [3.05, 3.63) is 59.6 Å². The molecule has 0 amide bonds. The number of hydrogen-bond acceptors (Lipinski definition) is 2. The molecule has 1 aromatic heterocycles. The van der Waals surface area contributed by atoms with Crippen molar-refractivity contribution < 1.29 is 5.11 Å². The van der Waals surface area contributed by atoms with E-state index in [1.165, 1.54) is 7.85 Å². The molecular weight excluding hydrogens is 522 g/mol. The van der Waals surface area contributed by atoms with E-state index in [4.69, 9.17) is 23.2 Å². The maximum absolute atomic E-state index is 9.52. The predicted molar refractivity (Wildman–Crippen MR) is 101 cm³/mol. The Morgan fingerprint density at radius 2 is 2.00 bits per heavy atom. The van der Waals surface area contributed by atoms with Gasteiger partial charge in [-0.3, -0.25) is 0 Å². The number of hydrogen-bond donors (Lipinski definition) is 1. The fourth-order valence-corrected chi connectivity index (χ4v) is 6.78. The summed E-state index contributed by atoms with van der Waals surface area (Å²) in [7, 11) is 0. The topological polar surface area (TPSA) is 38.1 Å². The Morgan fingerprint density at radius 3 is 2.59 bits per heavy atom. The molecule has 22 heavy (non-hydrogen) atoms. The third-order valence-corrected chi connectivity index (χ3v) is 8.01. The van der Waals surface area contributed by atoms with Crippen molar-refractivity contribution in [2.24, 2.45) is 0 Å². The van der Waals surface area contributed by atoms with Crippen LogP contribution in [0.2, 0.25) is 10.0 Å². The summed E-state index contributed by atoms with van der Waals surface area (Å²) in [6, 6.07) is 5.28. The number of nitrogens with zero attached hydrogens (tertiary/aromatic N) is 2. The Morgan fingerprint density at radius 1 is 1.23 bits per heavy atom. The first-order valence-corrected chi connectivity index (χ1v) is 10.6. The zero-order chi connectivity index (χ0) is 15.9. The molecule has 0 saturated carbocycles. The molecule has 1 aliphatic rings. The predicted octanol–water partition coefficient (Wildman–Crippen LogP) is 4.19. The molecule has 0 radical (unpaired) electrons. The van der Waals surface area contributed by atoms with Crippen LogP contribution in [-0.2, 0) is 6.61 Å². The zero-order valence-corrected chi connectivity index (χ0v) is 17.7. The van der Waals surface area contributed by atoms with E-state index in [0.717, 1.165) is 15.9 Å². The van der Waals surface area contributed by atoms with Gasteiger partial charge in [0.25, 0.3) is 0 Å². The van der Waals surface area contributed by atoms with Gasteiger partial charge in [-0.2, -0.15) is 0 Å². The van der Waals surface area contributed by atoms with Gasteiger partial charge in [0, 0.05) is 0 Å². The third kappa shape index (κ3) is 3.11. The molecular formula is C14H10Br2Cl2N2OSe. The normalized spacial score (nSPS) is 16.0. The van der Waals surface area contributed by atoms with E-state index in [2.05, 4.69) is 49.1 Å². The van der Waals surface area contributed by atoms with E-state index < -0.39 is 15.0 Å². The summed E-state index contributed by atoms with van der Waals surface area (Å²) in [5.41, 5.74) is 2.24. The van der Waals surface area contributed by atoms with Crippen LogP contribution < -0.4 is 0 Å². The van der Waals surface area contributed by atoms with E-state index in [1.54, 1.807) is 16.8 Å². The molecule has 0 spiro atoms. The maximum atomic E-state index is 9.52. The molecule has 1 aliphatic heterocycles. The molecule has 0 fully saturated rings. The van der Waals surface area contributed by atoms with Gasteiger partial charge in [-0.05, 0) is 0 Å². The van der Waals surface area contributed by atoms with Gasteiger partial charge >= 0.3 is 161 Å². The molecule has 0 aliphatic carbocycles. The van der Waals surface area contributed by atoms with Crippen molar-refractivity contribution in [3.8, 4) is 5.69 Å². The van der Waals surface area contributed by atoms with Crippen LogP contribution in [0, 0.1) is 0 Å². The van der Waals surface area contributed by atoms with Crippen molar-refractivity contribution >= 4 is 74.5 Å². The Bertz CT molecular complexity index is 817. The van der Waals surface area contributed by atoms with Crippen molar-refractivity contribution in [1.29, 1.82) is 0 Å². The SMILES string of the molecule is OCc1nn(-c2ccc(Cl)cc2Cl)c(C2=CC=C(Br)[SeH2]2)c1Br. The minimum atomic E-state index is -0.447. The van der Waals surface area contributed by atoms with E-state index in [-0.39, 0.29) is 6.61 Å². The van der Waals surface area contributed by atoms with Crippen molar-refractivity contribution in [1.82, 2.24) is 9.78 Å². The average molecular weight is 532 g/mol. The van der Waals surface area contributed by atoms with Crippen molar-refractivity contribution in [2.75, 3.05) is 0 Å². The van der Waals surface area contributed by atoms with Gasteiger partial charge in [-0.25, -0.2) is 0 Å². The summed E-state index contributed by atoms with van der Waals surface area (Å²) in [4.78, 5) is 0. The summed E-state index contributed by atoms with van der Waals surface area (Å²) in [5.74, 6) is 0. The van der Waals surface area contributed by atoms with Crippen molar-refractivity contribution in [2.45, 2.75) is 6.61 Å². The molecule has 3 nitrogen and oxygen atoms in total. The number of aliphatic hydroxyl groups excluding tert-OH is 1. The molecule has 0 atom stereocenters. The third-order valence-electron chi connectivity index (χ3n) is 3.09. The molecule has 2 aromatic rings. The van der Waals surface area contributed by atoms with Crippen LogP contribution in [0.5, 0.6) is 0 Å². The quantitative estimate of drug-likeness (QED) is 0.603. The first-order chi connectivity index (χ1) is 10.5. The van der Waals surface area contributed by atoms with Gasteiger partial charge in [0.05, 0.1) is 0 Å². The van der Waals surface area contributed by atoms with Gasteiger partial charge in [0.1, 0.15) is 0 Å². The summed E-state index contributed by atoms with van der Waals surface area (Å²) in [6.07, 6.45) is 4.13. The average Bonchev–Trinajstić information content (AvgIpc) is 3.02. The number of halogens is 4. The van der Waals surface area contributed by atoms with Crippen LogP contribution in [0.15, 0.2) is 38.2 Å². The van der Waals surface area contributed by atoms with E-state index in [1.807, 2.05) is 6.07 Å². The standard InChI is InChI=1S/C14H10Br2Cl2N2OSe/c15-12-4-3-11(22-12)14-13(16)9(6-21)19-20(14)10-2-1-7(17)5-8(10)18/h1-5,21H,6,22H2. The number of allylic oxidation sites excluding steroid dienone is 2. The summed E-state index contributed by atoms with van der Waals surface area (Å²) in [5, 5.41) is 15.1. The number of benzene rings is 1.